The van der Waals surface area contributed by atoms with Crippen molar-refractivity contribution < 1.29 is 4.74 Å². The highest BCUT2D eigenvalue weighted by molar-refractivity contribution is 6.33. The van der Waals surface area contributed by atoms with E-state index in [1.54, 1.807) is 7.11 Å². The number of hydrogen-bond acceptors (Lipinski definition) is 3. The molecule has 0 bridgehead atoms. The first-order chi connectivity index (χ1) is 8.10. The van der Waals surface area contributed by atoms with Gasteiger partial charge in [0.05, 0.1) is 7.11 Å². The summed E-state index contributed by atoms with van der Waals surface area (Å²) in [7, 11) is 1.63. The van der Waals surface area contributed by atoms with E-state index in [0.717, 1.165) is 16.9 Å². The molecule has 5 heteroatoms. The molecule has 0 N–H and O–H groups in total. The zero-order valence-corrected chi connectivity index (χ0v) is 10.9. The van der Waals surface area contributed by atoms with Crippen LogP contribution in [0.3, 0.4) is 0 Å². The largest absolute Gasteiger partial charge is 0.496 e. The maximum atomic E-state index is 5.84. The minimum Gasteiger partial charge on any atom is -0.496 e. The summed E-state index contributed by atoms with van der Waals surface area (Å²) < 4.78 is 5.19. The van der Waals surface area contributed by atoms with Crippen LogP contribution in [-0.4, -0.2) is 17.1 Å². The molecular formula is C12H10Cl2N2O. The molecule has 3 nitrogen and oxygen atoms in total. The predicted octanol–water partition coefficient (Wildman–Crippen LogP) is 3.77. The van der Waals surface area contributed by atoms with Crippen LogP contribution in [0, 0.1) is 6.92 Å². The maximum absolute atomic E-state index is 5.84. The fourth-order valence-corrected chi connectivity index (χ4v) is 1.96. The van der Waals surface area contributed by atoms with Crippen LogP contribution in [-0.2, 0) is 0 Å². The minimum absolute atomic E-state index is 0.327. The molecule has 0 aliphatic heterocycles. The number of aryl methyl sites for hydroxylation is 1. The number of hydrogen-bond donors (Lipinski definition) is 0. The second-order valence-electron chi connectivity index (χ2n) is 3.52. The molecule has 88 valence electrons. The van der Waals surface area contributed by atoms with E-state index in [1.165, 1.54) is 6.07 Å². The Morgan fingerprint density at radius 3 is 2.24 bits per heavy atom. The molecule has 0 spiro atoms. The third-order valence-electron chi connectivity index (χ3n) is 2.32. The number of ether oxygens (including phenoxy) is 1. The number of rotatable bonds is 2. The van der Waals surface area contributed by atoms with Crippen molar-refractivity contribution in [2.45, 2.75) is 6.92 Å². The van der Waals surface area contributed by atoms with Crippen LogP contribution in [0.4, 0.5) is 0 Å². The van der Waals surface area contributed by atoms with E-state index in [2.05, 4.69) is 9.97 Å². The number of halogens is 2. The average molecular weight is 269 g/mol. The van der Waals surface area contributed by atoms with E-state index in [-0.39, 0.29) is 0 Å². The predicted molar refractivity (Wildman–Crippen MR) is 68.8 cm³/mol. The Balaban J connectivity index is 2.49. The second-order valence-corrected chi connectivity index (χ2v) is 4.30. The van der Waals surface area contributed by atoms with E-state index < -0.39 is 0 Å². The van der Waals surface area contributed by atoms with Gasteiger partial charge in [-0.15, -0.1) is 0 Å². The Hall–Kier alpha value is -1.32. The summed E-state index contributed by atoms with van der Waals surface area (Å²) in [6, 6.07) is 7.17. The van der Waals surface area contributed by atoms with Crippen molar-refractivity contribution in [1.29, 1.82) is 0 Å². The van der Waals surface area contributed by atoms with E-state index >= 15 is 0 Å². The lowest BCUT2D eigenvalue weighted by molar-refractivity contribution is 0.412. The molecule has 17 heavy (non-hydrogen) atoms. The van der Waals surface area contributed by atoms with E-state index in [9.17, 15) is 0 Å². The van der Waals surface area contributed by atoms with Crippen molar-refractivity contribution in [3.63, 3.8) is 0 Å². The van der Waals surface area contributed by atoms with Gasteiger partial charge in [-0.05, 0) is 30.7 Å². The second kappa shape index (κ2) is 4.90. The molecule has 0 saturated carbocycles. The summed E-state index contributed by atoms with van der Waals surface area (Å²) in [5, 5.41) is 0.655. The molecule has 0 aliphatic carbocycles. The molecule has 0 unspecified atom stereocenters. The van der Waals surface area contributed by atoms with Crippen molar-refractivity contribution in [3.8, 4) is 17.1 Å². The minimum atomic E-state index is 0.327. The number of nitrogens with zero attached hydrogens (tertiary/aromatic N) is 2. The first kappa shape index (κ1) is 12.1. The maximum Gasteiger partial charge on any atom is 0.162 e. The molecule has 1 aromatic carbocycles. The monoisotopic (exact) mass is 268 g/mol. The number of benzene rings is 1. The van der Waals surface area contributed by atoms with Crippen LogP contribution in [0.25, 0.3) is 11.4 Å². The lowest BCUT2D eigenvalue weighted by atomic mass is 10.1. The third-order valence-corrected chi connectivity index (χ3v) is 2.70. The lowest BCUT2D eigenvalue weighted by Gasteiger charge is -2.07. The Bertz CT molecular complexity index is 538. The van der Waals surface area contributed by atoms with Gasteiger partial charge in [0, 0.05) is 11.6 Å². The van der Waals surface area contributed by atoms with Gasteiger partial charge in [0.1, 0.15) is 16.1 Å². The smallest absolute Gasteiger partial charge is 0.162 e. The molecule has 0 amide bonds. The highest BCUT2D eigenvalue weighted by atomic mass is 35.5. The summed E-state index contributed by atoms with van der Waals surface area (Å²) in [6.45, 7) is 1.95. The topological polar surface area (TPSA) is 35.0 Å². The molecule has 1 heterocycles. The standard InChI is InChI=1S/C12H10Cl2N2O/c1-7-5-8(3-4-9(7)17-2)12-15-10(13)6-11(14)16-12/h3-6H,1-2H3. The summed E-state index contributed by atoms with van der Waals surface area (Å²) >= 11 is 11.7. The molecule has 0 fully saturated rings. The van der Waals surface area contributed by atoms with Gasteiger partial charge in [0.2, 0.25) is 0 Å². The van der Waals surface area contributed by atoms with E-state index in [1.807, 2.05) is 25.1 Å². The van der Waals surface area contributed by atoms with Crippen molar-refractivity contribution >= 4 is 23.2 Å². The molecule has 0 radical (unpaired) electrons. The zero-order valence-electron chi connectivity index (χ0n) is 9.37. The summed E-state index contributed by atoms with van der Waals surface area (Å²) in [5.41, 5.74) is 1.86. The summed E-state index contributed by atoms with van der Waals surface area (Å²) in [5.74, 6) is 1.33. The van der Waals surface area contributed by atoms with Crippen LogP contribution < -0.4 is 4.74 Å². The van der Waals surface area contributed by atoms with Crippen LogP contribution in [0.1, 0.15) is 5.56 Å². The van der Waals surface area contributed by atoms with Crippen molar-refractivity contribution in [3.05, 3.63) is 40.1 Å². The van der Waals surface area contributed by atoms with Crippen LogP contribution in [0.15, 0.2) is 24.3 Å². The number of aromatic nitrogens is 2. The quantitative estimate of drug-likeness (QED) is 0.778. The van der Waals surface area contributed by atoms with Gasteiger partial charge < -0.3 is 4.74 Å². The average Bonchev–Trinajstić information content (AvgIpc) is 2.27. The van der Waals surface area contributed by atoms with Gasteiger partial charge in [-0.1, -0.05) is 23.2 Å². The van der Waals surface area contributed by atoms with E-state index in [4.69, 9.17) is 27.9 Å². The summed E-state index contributed by atoms with van der Waals surface area (Å²) in [6.07, 6.45) is 0. The Kier molecular flexibility index (Phi) is 3.50. The van der Waals surface area contributed by atoms with Crippen LogP contribution in [0.2, 0.25) is 10.3 Å². The number of methoxy groups -OCH3 is 1. The Morgan fingerprint density at radius 1 is 1.06 bits per heavy atom. The van der Waals surface area contributed by atoms with Crippen LogP contribution in [0.5, 0.6) is 5.75 Å². The molecule has 0 saturated heterocycles. The van der Waals surface area contributed by atoms with Gasteiger partial charge in [-0.2, -0.15) is 0 Å². The SMILES string of the molecule is COc1ccc(-c2nc(Cl)cc(Cl)n2)cc1C. The highest BCUT2D eigenvalue weighted by Gasteiger charge is 2.07. The third kappa shape index (κ3) is 2.68. The molecule has 0 aliphatic rings. The van der Waals surface area contributed by atoms with Gasteiger partial charge in [0.25, 0.3) is 0 Å². The fourth-order valence-electron chi connectivity index (χ4n) is 1.54. The first-order valence-electron chi connectivity index (χ1n) is 4.95. The Morgan fingerprint density at radius 2 is 1.71 bits per heavy atom. The zero-order chi connectivity index (χ0) is 12.4. The molecular weight excluding hydrogens is 259 g/mol. The molecule has 2 rings (SSSR count). The van der Waals surface area contributed by atoms with Gasteiger partial charge in [-0.3, -0.25) is 0 Å². The van der Waals surface area contributed by atoms with Gasteiger partial charge in [0.15, 0.2) is 5.82 Å². The van der Waals surface area contributed by atoms with Crippen LogP contribution >= 0.6 is 23.2 Å². The van der Waals surface area contributed by atoms with Crippen molar-refractivity contribution in [2.75, 3.05) is 7.11 Å². The normalized spacial score (nSPS) is 10.4. The molecule has 0 atom stereocenters. The van der Waals surface area contributed by atoms with Gasteiger partial charge in [-0.25, -0.2) is 9.97 Å². The highest BCUT2D eigenvalue weighted by Crippen LogP contribution is 2.25. The fraction of sp³-hybridized carbons (Fsp3) is 0.167. The van der Waals surface area contributed by atoms with Crippen molar-refractivity contribution in [1.82, 2.24) is 9.97 Å². The molecule has 2 aromatic rings. The van der Waals surface area contributed by atoms with Gasteiger partial charge >= 0.3 is 0 Å². The lowest BCUT2D eigenvalue weighted by Crippen LogP contribution is -1.92. The Labute approximate surface area is 109 Å². The summed E-state index contributed by atoms with van der Waals surface area (Å²) in [4.78, 5) is 8.26. The first-order valence-corrected chi connectivity index (χ1v) is 5.71. The molecule has 1 aromatic heterocycles. The van der Waals surface area contributed by atoms with E-state index in [0.29, 0.717) is 16.1 Å². The van der Waals surface area contributed by atoms with Crippen molar-refractivity contribution in [2.24, 2.45) is 0 Å².